The normalized spacial score (nSPS) is 10.2. The van der Waals surface area contributed by atoms with Gasteiger partial charge in [-0.2, -0.15) is 11.8 Å². The van der Waals surface area contributed by atoms with Gasteiger partial charge >= 0.3 is 5.97 Å². The average molecular weight is 204 g/mol. The number of thioether (sulfide) groups is 1. The predicted molar refractivity (Wildman–Crippen MR) is 58.3 cm³/mol. The second-order valence-corrected chi connectivity index (χ2v) is 4.40. The highest BCUT2D eigenvalue weighted by molar-refractivity contribution is 7.99. The Balaban J connectivity index is 2.87. The van der Waals surface area contributed by atoms with Crippen molar-refractivity contribution in [2.24, 2.45) is 0 Å². The second kappa shape index (κ2) is 9.90. The molecule has 0 heterocycles. The Morgan fingerprint density at radius 1 is 1.15 bits per heavy atom. The number of rotatable bonds is 9. The lowest BCUT2D eigenvalue weighted by Gasteiger charge is -1.99. The Kier molecular flexibility index (Phi) is 9.77. The fourth-order valence-electron chi connectivity index (χ4n) is 1.01. The number of carboxylic acid groups (broad SMARTS) is 1. The summed E-state index contributed by atoms with van der Waals surface area (Å²) in [4.78, 5) is 10.2. The lowest BCUT2D eigenvalue weighted by Crippen LogP contribution is -1.94. The SMILES string of the molecule is CCCCSCCCCCC(=O)O. The molecule has 0 aliphatic carbocycles. The molecule has 0 rings (SSSR count). The standard InChI is InChI=1S/C10H20O2S/c1-2-3-8-13-9-6-4-5-7-10(11)12/h2-9H2,1H3,(H,11,12). The third kappa shape index (κ3) is 11.8. The molecule has 0 atom stereocenters. The van der Waals surface area contributed by atoms with E-state index < -0.39 is 5.97 Å². The summed E-state index contributed by atoms with van der Waals surface area (Å²) in [6.45, 7) is 2.20. The summed E-state index contributed by atoms with van der Waals surface area (Å²) in [5, 5.41) is 8.38. The fourth-order valence-corrected chi connectivity index (χ4v) is 2.11. The summed E-state index contributed by atoms with van der Waals surface area (Å²) >= 11 is 1.99. The van der Waals surface area contributed by atoms with E-state index in [1.807, 2.05) is 11.8 Å². The molecule has 0 aliphatic rings. The third-order valence-electron chi connectivity index (χ3n) is 1.82. The number of hydrogen-bond acceptors (Lipinski definition) is 2. The van der Waals surface area contributed by atoms with Gasteiger partial charge in [0.2, 0.25) is 0 Å². The second-order valence-electron chi connectivity index (χ2n) is 3.17. The molecule has 0 spiro atoms. The maximum Gasteiger partial charge on any atom is 0.303 e. The molecule has 0 fully saturated rings. The van der Waals surface area contributed by atoms with Gasteiger partial charge in [0.25, 0.3) is 0 Å². The summed E-state index contributed by atoms with van der Waals surface area (Å²) < 4.78 is 0. The van der Waals surface area contributed by atoms with Gasteiger partial charge in [-0.1, -0.05) is 19.8 Å². The molecular weight excluding hydrogens is 184 g/mol. The Bertz CT molecular complexity index is 126. The Morgan fingerprint density at radius 3 is 2.46 bits per heavy atom. The van der Waals surface area contributed by atoms with Crippen LogP contribution in [0.3, 0.4) is 0 Å². The first-order valence-electron chi connectivity index (χ1n) is 5.07. The fraction of sp³-hybridized carbons (Fsp3) is 0.900. The van der Waals surface area contributed by atoms with E-state index in [0.29, 0.717) is 6.42 Å². The molecule has 13 heavy (non-hydrogen) atoms. The van der Waals surface area contributed by atoms with Crippen LogP contribution in [0, 0.1) is 0 Å². The summed E-state index contributed by atoms with van der Waals surface area (Å²) in [6.07, 6.45) is 5.97. The highest BCUT2D eigenvalue weighted by atomic mass is 32.2. The largest absolute Gasteiger partial charge is 0.481 e. The Morgan fingerprint density at radius 2 is 1.85 bits per heavy atom. The van der Waals surface area contributed by atoms with E-state index in [4.69, 9.17) is 5.11 Å². The van der Waals surface area contributed by atoms with Gasteiger partial charge in [-0.15, -0.1) is 0 Å². The predicted octanol–water partition coefficient (Wildman–Crippen LogP) is 3.16. The van der Waals surface area contributed by atoms with Crippen LogP contribution in [0.2, 0.25) is 0 Å². The first-order chi connectivity index (χ1) is 6.27. The molecule has 1 N–H and O–H groups in total. The molecule has 2 nitrogen and oxygen atoms in total. The minimum absolute atomic E-state index is 0.333. The summed E-state index contributed by atoms with van der Waals surface area (Å²) in [5.41, 5.74) is 0. The topological polar surface area (TPSA) is 37.3 Å². The van der Waals surface area contributed by atoms with Crippen molar-refractivity contribution >= 4 is 17.7 Å². The van der Waals surface area contributed by atoms with Crippen molar-refractivity contribution in [1.82, 2.24) is 0 Å². The van der Waals surface area contributed by atoms with Crippen molar-refractivity contribution < 1.29 is 9.90 Å². The molecule has 0 aromatic carbocycles. The van der Waals surface area contributed by atoms with Gasteiger partial charge in [0.15, 0.2) is 0 Å². The van der Waals surface area contributed by atoms with E-state index in [0.717, 1.165) is 12.8 Å². The molecule has 0 saturated carbocycles. The molecule has 0 saturated heterocycles. The highest BCUT2D eigenvalue weighted by Gasteiger charge is 1.96. The monoisotopic (exact) mass is 204 g/mol. The van der Waals surface area contributed by atoms with Crippen molar-refractivity contribution in [3.63, 3.8) is 0 Å². The van der Waals surface area contributed by atoms with Crippen LogP contribution in [0.4, 0.5) is 0 Å². The Labute approximate surface area is 85.1 Å². The van der Waals surface area contributed by atoms with Gasteiger partial charge < -0.3 is 5.11 Å². The highest BCUT2D eigenvalue weighted by Crippen LogP contribution is 2.09. The number of hydrogen-bond donors (Lipinski definition) is 1. The molecule has 0 amide bonds. The maximum absolute atomic E-state index is 10.2. The average Bonchev–Trinajstić information content (AvgIpc) is 2.09. The number of unbranched alkanes of at least 4 members (excludes halogenated alkanes) is 3. The number of carbonyl (C=O) groups is 1. The quantitative estimate of drug-likeness (QED) is 0.586. The summed E-state index contributed by atoms with van der Waals surface area (Å²) in [6, 6.07) is 0. The van der Waals surface area contributed by atoms with Gasteiger partial charge in [-0.25, -0.2) is 0 Å². The molecule has 0 radical (unpaired) electrons. The Hall–Kier alpha value is -0.180. The summed E-state index contributed by atoms with van der Waals surface area (Å²) in [5.74, 6) is 1.79. The molecule has 0 aromatic rings. The van der Waals surface area contributed by atoms with Crippen molar-refractivity contribution in [3.8, 4) is 0 Å². The van der Waals surface area contributed by atoms with Crippen LogP contribution in [-0.2, 0) is 4.79 Å². The van der Waals surface area contributed by atoms with Crippen LogP contribution in [0.5, 0.6) is 0 Å². The van der Waals surface area contributed by atoms with Crippen LogP contribution >= 0.6 is 11.8 Å². The number of aliphatic carboxylic acids is 1. The third-order valence-corrected chi connectivity index (χ3v) is 2.98. The van der Waals surface area contributed by atoms with E-state index in [1.165, 1.54) is 30.8 Å². The van der Waals surface area contributed by atoms with Gasteiger partial charge in [0.05, 0.1) is 0 Å². The van der Waals surface area contributed by atoms with E-state index in [9.17, 15) is 4.79 Å². The lowest BCUT2D eigenvalue weighted by atomic mass is 10.2. The van der Waals surface area contributed by atoms with E-state index in [1.54, 1.807) is 0 Å². The first-order valence-corrected chi connectivity index (χ1v) is 6.22. The van der Waals surface area contributed by atoms with Crippen molar-refractivity contribution in [2.75, 3.05) is 11.5 Å². The number of carboxylic acids is 1. The zero-order valence-electron chi connectivity index (χ0n) is 8.42. The van der Waals surface area contributed by atoms with E-state index in [2.05, 4.69) is 6.92 Å². The zero-order valence-corrected chi connectivity index (χ0v) is 9.24. The molecule has 78 valence electrons. The van der Waals surface area contributed by atoms with Gasteiger partial charge in [-0.05, 0) is 30.8 Å². The van der Waals surface area contributed by atoms with Crippen molar-refractivity contribution in [3.05, 3.63) is 0 Å². The van der Waals surface area contributed by atoms with Gasteiger partial charge in [0, 0.05) is 6.42 Å². The zero-order chi connectivity index (χ0) is 9.94. The van der Waals surface area contributed by atoms with Crippen LogP contribution in [0.15, 0.2) is 0 Å². The van der Waals surface area contributed by atoms with Crippen molar-refractivity contribution in [1.29, 1.82) is 0 Å². The first kappa shape index (κ1) is 12.8. The summed E-state index contributed by atoms with van der Waals surface area (Å²) in [7, 11) is 0. The van der Waals surface area contributed by atoms with Crippen LogP contribution in [-0.4, -0.2) is 22.6 Å². The molecule has 3 heteroatoms. The van der Waals surface area contributed by atoms with Gasteiger partial charge in [-0.3, -0.25) is 4.79 Å². The van der Waals surface area contributed by atoms with Crippen LogP contribution in [0.1, 0.15) is 45.4 Å². The molecule has 0 aromatic heterocycles. The molecular formula is C10H20O2S. The minimum atomic E-state index is -0.668. The maximum atomic E-state index is 10.2. The van der Waals surface area contributed by atoms with E-state index >= 15 is 0 Å². The van der Waals surface area contributed by atoms with Crippen LogP contribution in [0.25, 0.3) is 0 Å². The van der Waals surface area contributed by atoms with Crippen molar-refractivity contribution in [2.45, 2.75) is 45.4 Å². The molecule has 0 aliphatic heterocycles. The minimum Gasteiger partial charge on any atom is -0.481 e. The van der Waals surface area contributed by atoms with Crippen LogP contribution < -0.4 is 0 Å². The molecule has 0 unspecified atom stereocenters. The molecule has 0 bridgehead atoms. The lowest BCUT2D eigenvalue weighted by molar-refractivity contribution is -0.137. The van der Waals surface area contributed by atoms with E-state index in [-0.39, 0.29) is 0 Å². The van der Waals surface area contributed by atoms with Gasteiger partial charge in [0.1, 0.15) is 0 Å². The smallest absolute Gasteiger partial charge is 0.303 e.